The minimum absolute atomic E-state index is 0.0718. The molecule has 5 rings (SSSR count). The lowest BCUT2D eigenvalue weighted by Gasteiger charge is -2.20. The number of benzene rings is 3. The van der Waals surface area contributed by atoms with Gasteiger partial charge >= 0.3 is 0 Å². The van der Waals surface area contributed by atoms with Gasteiger partial charge in [0.15, 0.2) is 11.6 Å². The summed E-state index contributed by atoms with van der Waals surface area (Å²) in [5, 5.41) is 25.9. The third-order valence-corrected chi connectivity index (χ3v) is 7.18. The first kappa shape index (κ1) is 31.0. The Bertz CT molecular complexity index is 1730. The average molecular weight is 611 g/mol. The maximum absolute atomic E-state index is 16.0. The third-order valence-electron chi connectivity index (χ3n) is 7.18. The summed E-state index contributed by atoms with van der Waals surface area (Å²) in [7, 11) is 1.44. The van der Waals surface area contributed by atoms with Gasteiger partial charge in [0.1, 0.15) is 18.2 Å². The molecule has 3 N–H and O–H groups in total. The van der Waals surface area contributed by atoms with Gasteiger partial charge in [0.2, 0.25) is 0 Å². The Morgan fingerprint density at radius 1 is 1.09 bits per heavy atom. The lowest BCUT2D eigenvalue weighted by Crippen LogP contribution is -2.30. The maximum atomic E-state index is 16.0. The Morgan fingerprint density at radius 2 is 1.78 bits per heavy atom. The zero-order valence-corrected chi connectivity index (χ0v) is 24.7. The molecule has 0 radical (unpaired) electrons. The number of nitrogens with one attached hydrogen (secondary N) is 2. The second-order valence-electron chi connectivity index (χ2n) is 10.3. The normalized spacial score (nSPS) is 13.3. The van der Waals surface area contributed by atoms with E-state index in [-0.39, 0.29) is 55.1 Å². The molecule has 1 atom stereocenters. The van der Waals surface area contributed by atoms with E-state index in [1.807, 2.05) is 19.1 Å². The zero-order chi connectivity index (χ0) is 31.9. The molecule has 45 heavy (non-hydrogen) atoms. The van der Waals surface area contributed by atoms with Crippen LogP contribution in [0, 0.1) is 18.2 Å². The molecule has 11 nitrogen and oxygen atoms in total. The maximum Gasteiger partial charge on any atom is 0.256 e. The number of aliphatic hydroxyl groups excluding tert-OH is 1. The van der Waals surface area contributed by atoms with Crippen LogP contribution in [0.4, 0.5) is 10.3 Å². The van der Waals surface area contributed by atoms with Crippen LogP contribution in [0.15, 0.2) is 84.2 Å². The standard InChI is InChI=1S/C33H31FN6O5/c1-20-4-8-23(9-5-20)32(43)38-31(35)22-10-6-21(7-11-22)16-25(26-17-24(44-2)18-28(30(26)34)45-15-14-41)27-19-29(42)40(39-27)33-36-12-3-13-37-33/h3-13,17-18,25,41H,14-16,19H2,1-2H3,(H2,35,38,43). The van der Waals surface area contributed by atoms with Gasteiger partial charge in [-0.2, -0.15) is 10.1 Å². The van der Waals surface area contributed by atoms with Crippen LogP contribution in [-0.2, 0) is 11.2 Å². The molecule has 2 amide bonds. The topological polar surface area (TPSA) is 150 Å². The molecule has 0 fully saturated rings. The minimum atomic E-state index is -0.735. The highest BCUT2D eigenvalue weighted by Crippen LogP contribution is 2.36. The summed E-state index contributed by atoms with van der Waals surface area (Å²) in [5.41, 5.74) is 3.26. The molecule has 0 spiro atoms. The number of hydrazone groups is 1. The molecule has 2 heterocycles. The van der Waals surface area contributed by atoms with E-state index >= 15 is 4.39 Å². The first-order valence-corrected chi connectivity index (χ1v) is 14.1. The summed E-state index contributed by atoms with van der Waals surface area (Å²) < 4.78 is 26.8. The number of aromatic nitrogens is 2. The molecule has 1 aliphatic rings. The number of ether oxygens (including phenoxy) is 2. The second kappa shape index (κ2) is 13.9. The van der Waals surface area contributed by atoms with Crippen molar-refractivity contribution < 1.29 is 28.6 Å². The van der Waals surface area contributed by atoms with Gasteiger partial charge in [-0.25, -0.2) is 14.4 Å². The van der Waals surface area contributed by atoms with Crippen LogP contribution in [0.25, 0.3) is 0 Å². The highest BCUT2D eigenvalue weighted by molar-refractivity contribution is 6.14. The van der Waals surface area contributed by atoms with Crippen LogP contribution in [0.3, 0.4) is 0 Å². The lowest BCUT2D eigenvalue weighted by molar-refractivity contribution is -0.117. The number of carbonyl (C=O) groups is 2. The lowest BCUT2D eigenvalue weighted by atomic mass is 9.86. The number of rotatable bonds is 11. The summed E-state index contributed by atoms with van der Waals surface area (Å²) in [4.78, 5) is 33.9. The summed E-state index contributed by atoms with van der Waals surface area (Å²) in [5.74, 6) is -1.92. The number of hydrogen-bond acceptors (Lipinski definition) is 9. The van der Waals surface area contributed by atoms with E-state index in [0.29, 0.717) is 22.6 Å². The van der Waals surface area contributed by atoms with Gasteiger partial charge in [-0.3, -0.25) is 15.0 Å². The Hall–Kier alpha value is -5.49. The Kier molecular flexibility index (Phi) is 9.54. The van der Waals surface area contributed by atoms with Crippen LogP contribution >= 0.6 is 0 Å². The molecule has 0 saturated carbocycles. The van der Waals surface area contributed by atoms with Crippen LogP contribution in [-0.4, -0.2) is 58.8 Å². The fourth-order valence-electron chi connectivity index (χ4n) is 4.84. The number of amidine groups is 1. The number of hydrogen-bond donors (Lipinski definition) is 3. The van der Waals surface area contributed by atoms with Crippen molar-refractivity contribution in [3.63, 3.8) is 0 Å². The fourth-order valence-corrected chi connectivity index (χ4v) is 4.84. The van der Waals surface area contributed by atoms with Crippen molar-refractivity contribution in [3.05, 3.63) is 113 Å². The molecule has 1 aliphatic heterocycles. The van der Waals surface area contributed by atoms with Crippen molar-refractivity contribution in [3.8, 4) is 11.5 Å². The van der Waals surface area contributed by atoms with Crippen LogP contribution in [0.2, 0.25) is 0 Å². The van der Waals surface area contributed by atoms with Crippen molar-refractivity contribution in [2.24, 2.45) is 5.10 Å². The van der Waals surface area contributed by atoms with Crippen molar-refractivity contribution >= 4 is 29.3 Å². The van der Waals surface area contributed by atoms with E-state index in [1.165, 1.54) is 31.6 Å². The number of anilines is 1. The summed E-state index contributed by atoms with van der Waals surface area (Å²) in [6.07, 6.45) is 3.12. The number of nitrogens with zero attached hydrogens (tertiary/aromatic N) is 4. The van der Waals surface area contributed by atoms with Gasteiger partial charge in [0.05, 0.1) is 25.8 Å². The molecule has 0 bridgehead atoms. The molecule has 230 valence electrons. The van der Waals surface area contributed by atoms with Crippen molar-refractivity contribution in [2.45, 2.75) is 25.7 Å². The zero-order valence-electron chi connectivity index (χ0n) is 24.7. The predicted molar refractivity (Wildman–Crippen MR) is 165 cm³/mol. The van der Waals surface area contributed by atoms with Gasteiger partial charge in [0, 0.05) is 41.1 Å². The van der Waals surface area contributed by atoms with Crippen LogP contribution in [0.5, 0.6) is 11.5 Å². The smallest absolute Gasteiger partial charge is 0.256 e. The van der Waals surface area contributed by atoms with Gasteiger partial charge in [-0.1, -0.05) is 42.0 Å². The van der Waals surface area contributed by atoms with E-state index in [1.54, 1.807) is 42.5 Å². The van der Waals surface area contributed by atoms with Crippen molar-refractivity contribution in [1.29, 1.82) is 5.41 Å². The molecular weight excluding hydrogens is 579 g/mol. The SMILES string of the molecule is COc1cc(OCCO)c(F)c(C(Cc2ccc(C(=N)NC(=O)c3ccc(C)cc3)cc2)C2=NN(c3ncccn3)C(=O)C2)c1. The van der Waals surface area contributed by atoms with E-state index in [9.17, 15) is 14.7 Å². The molecule has 0 saturated heterocycles. The van der Waals surface area contributed by atoms with E-state index in [2.05, 4.69) is 20.4 Å². The molecule has 4 aromatic rings. The van der Waals surface area contributed by atoms with Crippen LogP contribution in [0.1, 0.15) is 45.0 Å². The molecule has 3 aromatic carbocycles. The van der Waals surface area contributed by atoms with Crippen molar-refractivity contribution in [1.82, 2.24) is 15.3 Å². The first-order chi connectivity index (χ1) is 21.8. The predicted octanol–water partition coefficient (Wildman–Crippen LogP) is 4.18. The fraction of sp³-hybridized carbons (Fsp3) is 0.212. The molecule has 0 aliphatic carbocycles. The Morgan fingerprint density at radius 3 is 2.44 bits per heavy atom. The minimum Gasteiger partial charge on any atom is -0.497 e. The average Bonchev–Trinajstić information content (AvgIpc) is 3.45. The van der Waals surface area contributed by atoms with E-state index in [4.69, 9.17) is 14.9 Å². The number of methoxy groups -OCH3 is 1. The number of aryl methyl sites for hydroxylation is 1. The number of halogens is 1. The van der Waals surface area contributed by atoms with E-state index in [0.717, 1.165) is 16.1 Å². The largest absolute Gasteiger partial charge is 0.497 e. The highest BCUT2D eigenvalue weighted by Gasteiger charge is 2.34. The molecular formula is C33H31FN6O5. The number of amides is 2. The Labute approximate surface area is 258 Å². The highest BCUT2D eigenvalue weighted by atomic mass is 19.1. The van der Waals surface area contributed by atoms with Crippen molar-refractivity contribution in [2.75, 3.05) is 25.3 Å². The summed E-state index contributed by atoms with van der Waals surface area (Å²) in [6.45, 7) is 1.49. The van der Waals surface area contributed by atoms with Crippen LogP contribution < -0.4 is 19.8 Å². The molecule has 1 aromatic heterocycles. The van der Waals surface area contributed by atoms with Gasteiger partial charge in [-0.15, -0.1) is 0 Å². The van der Waals surface area contributed by atoms with Gasteiger partial charge < -0.3 is 19.9 Å². The van der Waals surface area contributed by atoms with Gasteiger partial charge in [0.25, 0.3) is 17.8 Å². The molecule has 1 unspecified atom stereocenters. The second-order valence-corrected chi connectivity index (χ2v) is 10.3. The van der Waals surface area contributed by atoms with Gasteiger partial charge in [-0.05, 0) is 43.2 Å². The summed E-state index contributed by atoms with van der Waals surface area (Å²) >= 11 is 0. The monoisotopic (exact) mass is 610 g/mol. The Balaban J connectivity index is 1.45. The number of aliphatic hydroxyl groups is 1. The summed E-state index contributed by atoms with van der Waals surface area (Å²) in [6, 6.07) is 18.5. The number of carbonyl (C=O) groups excluding carboxylic acids is 2. The quantitative estimate of drug-likeness (QED) is 0.170. The molecule has 12 heteroatoms. The third kappa shape index (κ3) is 7.19. The van der Waals surface area contributed by atoms with E-state index < -0.39 is 17.6 Å². The first-order valence-electron chi connectivity index (χ1n) is 14.1.